The van der Waals surface area contributed by atoms with Gasteiger partial charge in [0, 0.05) is 41.4 Å². The summed E-state index contributed by atoms with van der Waals surface area (Å²) in [6, 6.07) is 7.79. The molecule has 0 bridgehead atoms. The molecule has 28 heavy (non-hydrogen) atoms. The molecule has 7 nitrogen and oxygen atoms in total. The van der Waals surface area contributed by atoms with Gasteiger partial charge in [0.1, 0.15) is 5.75 Å². The predicted molar refractivity (Wildman–Crippen MR) is 107 cm³/mol. The van der Waals surface area contributed by atoms with Crippen molar-refractivity contribution in [2.75, 3.05) is 12.4 Å². The molecule has 1 aliphatic heterocycles. The minimum Gasteiger partial charge on any atom is -0.497 e. The van der Waals surface area contributed by atoms with Gasteiger partial charge in [0.25, 0.3) is 0 Å². The van der Waals surface area contributed by atoms with Crippen molar-refractivity contribution < 1.29 is 9.53 Å². The number of aromatic nitrogens is 4. The number of carbonyl (C=O) groups excluding carboxylic acids is 1. The van der Waals surface area contributed by atoms with E-state index >= 15 is 0 Å². The third-order valence-electron chi connectivity index (χ3n) is 5.42. The molecule has 146 valence electrons. The number of benzene rings is 1. The number of amides is 1. The number of nitrogens with zero attached hydrogens (tertiary/aromatic N) is 4. The standard InChI is InChI=1S/C21H25N5O2/c1-5-10-25-14(3)20-17(11-19(27)23-21(20)24-25)18-12-22-26(13(18)2)15-6-8-16(28-4)9-7-15/h6-9,12,17H,5,10-11H2,1-4H3,(H,23,24,27). The van der Waals surface area contributed by atoms with Gasteiger partial charge in [-0.2, -0.15) is 10.2 Å². The van der Waals surface area contributed by atoms with Gasteiger partial charge in [-0.1, -0.05) is 6.92 Å². The van der Waals surface area contributed by atoms with E-state index in [0.717, 1.165) is 46.9 Å². The van der Waals surface area contributed by atoms with Gasteiger partial charge in [-0.25, -0.2) is 4.68 Å². The van der Waals surface area contributed by atoms with Crippen LogP contribution in [0.2, 0.25) is 0 Å². The summed E-state index contributed by atoms with van der Waals surface area (Å²) in [6.07, 6.45) is 3.28. The van der Waals surface area contributed by atoms with Crippen LogP contribution in [0.5, 0.6) is 5.75 Å². The second kappa shape index (κ2) is 7.14. The average Bonchev–Trinajstić information content (AvgIpc) is 3.22. The van der Waals surface area contributed by atoms with Crippen LogP contribution < -0.4 is 10.1 Å². The zero-order valence-corrected chi connectivity index (χ0v) is 16.7. The van der Waals surface area contributed by atoms with E-state index in [4.69, 9.17) is 4.74 Å². The Bertz CT molecular complexity index is 1020. The number of hydrogen-bond donors (Lipinski definition) is 1. The normalized spacial score (nSPS) is 16.0. The molecule has 0 radical (unpaired) electrons. The summed E-state index contributed by atoms with van der Waals surface area (Å²) in [4.78, 5) is 12.3. The Morgan fingerprint density at radius 1 is 1.21 bits per heavy atom. The van der Waals surface area contributed by atoms with Crippen LogP contribution in [-0.2, 0) is 11.3 Å². The molecule has 0 fully saturated rings. The maximum absolute atomic E-state index is 12.3. The molecule has 1 N–H and O–H groups in total. The molecule has 3 aromatic rings. The first-order valence-electron chi connectivity index (χ1n) is 9.59. The maximum atomic E-state index is 12.3. The molecule has 4 rings (SSSR count). The topological polar surface area (TPSA) is 74.0 Å². The van der Waals surface area contributed by atoms with Crippen molar-refractivity contribution in [3.63, 3.8) is 0 Å². The lowest BCUT2D eigenvalue weighted by Crippen LogP contribution is -2.23. The van der Waals surface area contributed by atoms with Gasteiger partial charge in [-0.15, -0.1) is 0 Å². The molecule has 1 aromatic carbocycles. The molecule has 3 heterocycles. The summed E-state index contributed by atoms with van der Waals surface area (Å²) in [6.45, 7) is 7.09. The Balaban J connectivity index is 1.76. The fourth-order valence-electron chi connectivity index (χ4n) is 3.98. The number of hydrogen-bond acceptors (Lipinski definition) is 4. The first-order chi connectivity index (χ1) is 13.5. The highest BCUT2D eigenvalue weighted by molar-refractivity contribution is 5.94. The number of ether oxygens (including phenoxy) is 1. The summed E-state index contributed by atoms with van der Waals surface area (Å²) in [5, 5.41) is 12.2. The Morgan fingerprint density at radius 3 is 2.64 bits per heavy atom. The molecule has 1 unspecified atom stereocenters. The van der Waals surface area contributed by atoms with Crippen LogP contribution in [0.1, 0.15) is 48.2 Å². The third kappa shape index (κ3) is 2.96. The van der Waals surface area contributed by atoms with Crippen molar-refractivity contribution in [3.05, 3.63) is 53.0 Å². The van der Waals surface area contributed by atoms with Gasteiger partial charge >= 0.3 is 0 Å². The van der Waals surface area contributed by atoms with E-state index in [-0.39, 0.29) is 11.8 Å². The van der Waals surface area contributed by atoms with Gasteiger partial charge in [0.05, 0.1) is 19.0 Å². The minimum atomic E-state index is -0.0404. The lowest BCUT2D eigenvalue weighted by molar-refractivity contribution is -0.116. The Labute approximate surface area is 164 Å². The predicted octanol–water partition coefficient (Wildman–Crippen LogP) is 3.58. The zero-order chi connectivity index (χ0) is 19.8. The largest absolute Gasteiger partial charge is 0.497 e. The molecule has 0 saturated heterocycles. The zero-order valence-electron chi connectivity index (χ0n) is 16.7. The van der Waals surface area contributed by atoms with E-state index < -0.39 is 0 Å². The molecule has 1 aliphatic rings. The minimum absolute atomic E-state index is 0.00440. The number of rotatable bonds is 5. The molecule has 0 spiro atoms. The Hall–Kier alpha value is -3.09. The molecule has 7 heteroatoms. The first kappa shape index (κ1) is 18.3. The van der Waals surface area contributed by atoms with Crippen LogP contribution >= 0.6 is 0 Å². The van der Waals surface area contributed by atoms with Crippen LogP contribution in [0.4, 0.5) is 5.82 Å². The molecule has 1 amide bonds. The molecular formula is C21H25N5O2. The van der Waals surface area contributed by atoms with Gasteiger partial charge in [0.15, 0.2) is 5.82 Å². The van der Waals surface area contributed by atoms with Gasteiger partial charge in [0.2, 0.25) is 5.91 Å². The first-order valence-corrected chi connectivity index (χ1v) is 9.59. The van der Waals surface area contributed by atoms with Crippen LogP contribution in [0.25, 0.3) is 5.69 Å². The quantitative estimate of drug-likeness (QED) is 0.735. The van der Waals surface area contributed by atoms with Crippen molar-refractivity contribution in [3.8, 4) is 11.4 Å². The van der Waals surface area contributed by atoms with Crippen molar-refractivity contribution in [1.82, 2.24) is 19.6 Å². The van der Waals surface area contributed by atoms with E-state index in [9.17, 15) is 4.79 Å². The van der Waals surface area contributed by atoms with E-state index in [0.29, 0.717) is 12.2 Å². The average molecular weight is 379 g/mol. The van der Waals surface area contributed by atoms with E-state index in [1.54, 1.807) is 7.11 Å². The van der Waals surface area contributed by atoms with Crippen LogP contribution in [0.3, 0.4) is 0 Å². The van der Waals surface area contributed by atoms with Gasteiger partial charge in [-0.3, -0.25) is 9.48 Å². The lowest BCUT2D eigenvalue weighted by atomic mass is 9.86. The summed E-state index contributed by atoms with van der Waals surface area (Å²) in [5.41, 5.74) is 5.26. The van der Waals surface area contributed by atoms with Crippen LogP contribution in [-0.4, -0.2) is 32.6 Å². The highest BCUT2D eigenvalue weighted by Gasteiger charge is 2.33. The monoisotopic (exact) mass is 379 g/mol. The van der Waals surface area contributed by atoms with Crippen LogP contribution in [0, 0.1) is 13.8 Å². The maximum Gasteiger partial charge on any atom is 0.226 e. The molecular weight excluding hydrogens is 354 g/mol. The number of methoxy groups -OCH3 is 1. The lowest BCUT2D eigenvalue weighted by Gasteiger charge is -2.22. The van der Waals surface area contributed by atoms with Crippen LogP contribution in [0.15, 0.2) is 30.5 Å². The Kier molecular flexibility index (Phi) is 4.66. The van der Waals surface area contributed by atoms with Crippen molar-refractivity contribution >= 4 is 11.7 Å². The summed E-state index contributed by atoms with van der Waals surface area (Å²) < 4.78 is 9.14. The van der Waals surface area contributed by atoms with Crippen molar-refractivity contribution in [1.29, 1.82) is 0 Å². The van der Waals surface area contributed by atoms with E-state index in [2.05, 4.69) is 29.4 Å². The summed E-state index contributed by atoms with van der Waals surface area (Å²) in [7, 11) is 1.65. The number of fused-ring (bicyclic) bond motifs is 1. The van der Waals surface area contributed by atoms with Crippen molar-refractivity contribution in [2.45, 2.75) is 46.1 Å². The smallest absolute Gasteiger partial charge is 0.226 e. The molecule has 0 aliphatic carbocycles. The fraction of sp³-hybridized carbons (Fsp3) is 0.381. The highest BCUT2D eigenvalue weighted by Crippen LogP contribution is 2.40. The molecule has 0 saturated carbocycles. The number of nitrogens with one attached hydrogen (secondary N) is 1. The van der Waals surface area contributed by atoms with Gasteiger partial charge in [-0.05, 0) is 44.5 Å². The van der Waals surface area contributed by atoms with E-state index in [1.165, 1.54) is 0 Å². The fourth-order valence-corrected chi connectivity index (χ4v) is 3.98. The summed E-state index contributed by atoms with van der Waals surface area (Å²) in [5.74, 6) is 1.45. The third-order valence-corrected chi connectivity index (χ3v) is 5.42. The molecule has 2 aromatic heterocycles. The van der Waals surface area contributed by atoms with Crippen molar-refractivity contribution in [2.24, 2.45) is 0 Å². The highest BCUT2D eigenvalue weighted by atomic mass is 16.5. The van der Waals surface area contributed by atoms with Gasteiger partial charge < -0.3 is 10.1 Å². The number of carbonyl (C=O) groups is 1. The molecule has 1 atom stereocenters. The number of anilines is 1. The summed E-state index contributed by atoms with van der Waals surface area (Å²) >= 11 is 0. The Morgan fingerprint density at radius 2 is 1.96 bits per heavy atom. The van der Waals surface area contributed by atoms with E-state index in [1.807, 2.05) is 46.7 Å². The number of aryl methyl sites for hydroxylation is 1. The SMILES string of the molecule is CCCn1nc2c(c1C)C(c1cnn(-c3ccc(OC)cc3)c1C)CC(=O)N2. The second-order valence-corrected chi connectivity index (χ2v) is 7.17. The second-order valence-electron chi connectivity index (χ2n) is 7.17.